The molecule has 0 aromatic carbocycles. The van der Waals surface area contributed by atoms with Crippen LogP contribution in [-0.4, -0.2) is 16.1 Å². The van der Waals surface area contributed by atoms with Gasteiger partial charge in [0.25, 0.3) is 5.69 Å². The van der Waals surface area contributed by atoms with Crippen LogP contribution in [0.1, 0.15) is 6.92 Å². The Morgan fingerprint density at radius 1 is 1.69 bits per heavy atom. The molecule has 1 aromatic rings. The quantitative estimate of drug-likeness (QED) is 0.433. The largest absolute Gasteiger partial charge is 0.287 e. The molecule has 0 spiro atoms. The smallest absolute Gasteiger partial charge is 0.262 e. The third-order valence-corrected chi connectivity index (χ3v) is 1.27. The summed E-state index contributed by atoms with van der Waals surface area (Å²) >= 11 is 0. The van der Waals surface area contributed by atoms with Gasteiger partial charge in [-0.05, 0) is 13.0 Å². The first-order valence-electron chi connectivity index (χ1n) is 3.58. The molecule has 0 aliphatic carbocycles. The minimum atomic E-state index is -0.500. The van der Waals surface area contributed by atoms with Crippen LogP contribution in [0.25, 0.3) is 0 Å². The number of pyridine rings is 1. The van der Waals surface area contributed by atoms with Crippen LogP contribution < -0.4 is 5.43 Å². The van der Waals surface area contributed by atoms with Crippen LogP contribution in [0.2, 0.25) is 0 Å². The predicted octanol–water partition coefficient (Wildman–Crippen LogP) is 1.41. The molecule has 1 N–H and O–H groups in total. The number of aromatic nitrogens is 1. The fourth-order valence-electron chi connectivity index (χ4n) is 0.691. The van der Waals surface area contributed by atoms with Crippen molar-refractivity contribution in [3.8, 4) is 0 Å². The van der Waals surface area contributed by atoms with Gasteiger partial charge in [-0.15, -0.1) is 0 Å². The molecule has 68 valence electrons. The average molecular weight is 180 g/mol. The molecule has 0 saturated heterocycles. The van der Waals surface area contributed by atoms with Crippen LogP contribution in [0.15, 0.2) is 23.4 Å². The van der Waals surface area contributed by atoms with Crippen molar-refractivity contribution in [3.63, 3.8) is 0 Å². The Labute approximate surface area is 74.4 Å². The molecule has 0 aliphatic rings. The maximum Gasteiger partial charge on any atom is 0.287 e. The number of nitrogens with one attached hydrogen (secondary N) is 1. The van der Waals surface area contributed by atoms with Crippen LogP contribution >= 0.6 is 0 Å². The van der Waals surface area contributed by atoms with E-state index in [-0.39, 0.29) is 5.69 Å². The van der Waals surface area contributed by atoms with E-state index in [1.54, 1.807) is 13.1 Å². The summed E-state index contributed by atoms with van der Waals surface area (Å²) < 4.78 is 0. The first-order chi connectivity index (χ1) is 6.24. The lowest BCUT2D eigenvalue weighted by Crippen LogP contribution is -1.93. The molecule has 1 rings (SSSR count). The van der Waals surface area contributed by atoms with Gasteiger partial charge in [0, 0.05) is 12.3 Å². The van der Waals surface area contributed by atoms with Crippen molar-refractivity contribution in [2.75, 3.05) is 5.43 Å². The normalized spacial score (nSPS) is 10.2. The highest BCUT2D eigenvalue weighted by molar-refractivity contribution is 5.55. The fraction of sp³-hybridized carbons (Fsp3) is 0.143. The molecule has 6 nitrogen and oxygen atoms in total. The van der Waals surface area contributed by atoms with Gasteiger partial charge in [-0.25, -0.2) is 4.98 Å². The van der Waals surface area contributed by atoms with E-state index in [2.05, 4.69) is 15.5 Å². The highest BCUT2D eigenvalue weighted by Gasteiger charge is 2.03. The molecular weight excluding hydrogens is 172 g/mol. The molecule has 6 heteroatoms. The maximum atomic E-state index is 10.2. The molecule has 0 radical (unpaired) electrons. The predicted molar refractivity (Wildman–Crippen MR) is 48.7 cm³/mol. The molecule has 0 bridgehead atoms. The standard InChI is InChI=1S/C7H8N4O2/c1-2-9-10-7-4-3-6(5-8-7)11(12)13/h2-5H,1H3,(H,8,10). The van der Waals surface area contributed by atoms with Crippen molar-refractivity contribution in [2.24, 2.45) is 5.10 Å². The first-order valence-corrected chi connectivity index (χ1v) is 3.58. The SMILES string of the molecule is CC=NNc1ccc([N+](=O)[O-])cn1. The van der Waals surface area contributed by atoms with Gasteiger partial charge in [0.1, 0.15) is 12.0 Å². The van der Waals surface area contributed by atoms with Gasteiger partial charge in [0.2, 0.25) is 0 Å². The lowest BCUT2D eigenvalue weighted by molar-refractivity contribution is -0.385. The van der Waals surface area contributed by atoms with Crippen molar-refractivity contribution in [1.29, 1.82) is 0 Å². The zero-order valence-corrected chi connectivity index (χ0v) is 6.97. The Balaban J connectivity index is 2.75. The Morgan fingerprint density at radius 3 is 2.92 bits per heavy atom. The van der Waals surface area contributed by atoms with Crippen molar-refractivity contribution < 1.29 is 4.92 Å². The van der Waals surface area contributed by atoms with Crippen molar-refractivity contribution >= 4 is 17.7 Å². The summed E-state index contributed by atoms with van der Waals surface area (Å²) in [7, 11) is 0. The molecular formula is C7H8N4O2. The number of nitrogens with zero attached hydrogens (tertiary/aromatic N) is 3. The fourth-order valence-corrected chi connectivity index (χ4v) is 0.691. The van der Waals surface area contributed by atoms with Gasteiger partial charge in [0.05, 0.1) is 4.92 Å². The highest BCUT2D eigenvalue weighted by Crippen LogP contribution is 2.11. The molecule has 0 fully saturated rings. The summed E-state index contributed by atoms with van der Waals surface area (Å²) in [6.45, 7) is 1.75. The van der Waals surface area contributed by atoms with E-state index in [9.17, 15) is 10.1 Å². The zero-order chi connectivity index (χ0) is 9.68. The van der Waals surface area contributed by atoms with Crippen LogP contribution in [0.4, 0.5) is 11.5 Å². The summed E-state index contributed by atoms with van der Waals surface area (Å²) in [6, 6.07) is 2.85. The monoisotopic (exact) mass is 180 g/mol. The van der Waals surface area contributed by atoms with E-state index in [4.69, 9.17) is 0 Å². The highest BCUT2D eigenvalue weighted by atomic mass is 16.6. The third kappa shape index (κ3) is 2.51. The average Bonchev–Trinajstić information content (AvgIpc) is 2.15. The molecule has 13 heavy (non-hydrogen) atoms. The second-order valence-electron chi connectivity index (χ2n) is 2.16. The number of hydrazone groups is 1. The van der Waals surface area contributed by atoms with Crippen molar-refractivity contribution in [1.82, 2.24) is 4.98 Å². The Morgan fingerprint density at radius 2 is 2.46 bits per heavy atom. The summed E-state index contributed by atoms with van der Waals surface area (Å²) in [5, 5.41) is 14.0. The molecule has 0 aliphatic heterocycles. The third-order valence-electron chi connectivity index (χ3n) is 1.27. The molecule has 1 aromatic heterocycles. The van der Waals surface area contributed by atoms with Crippen molar-refractivity contribution in [2.45, 2.75) is 6.92 Å². The van der Waals surface area contributed by atoms with Crippen LogP contribution in [0.5, 0.6) is 0 Å². The number of rotatable bonds is 3. The van der Waals surface area contributed by atoms with Crippen molar-refractivity contribution in [3.05, 3.63) is 28.4 Å². The maximum absolute atomic E-state index is 10.2. The second-order valence-corrected chi connectivity index (χ2v) is 2.16. The van der Waals surface area contributed by atoms with E-state index in [1.807, 2.05) is 0 Å². The Hall–Kier alpha value is -1.98. The van der Waals surface area contributed by atoms with Gasteiger partial charge in [-0.1, -0.05) is 0 Å². The molecule has 0 saturated carbocycles. The number of nitro groups is 1. The van der Waals surface area contributed by atoms with Crippen LogP contribution in [-0.2, 0) is 0 Å². The number of hydrogen-bond donors (Lipinski definition) is 1. The number of hydrogen-bond acceptors (Lipinski definition) is 5. The van der Waals surface area contributed by atoms with E-state index in [0.29, 0.717) is 5.82 Å². The van der Waals surface area contributed by atoms with E-state index < -0.39 is 4.92 Å². The minimum Gasteiger partial charge on any atom is -0.262 e. The molecule has 1 heterocycles. The van der Waals surface area contributed by atoms with Crippen LogP contribution in [0, 0.1) is 10.1 Å². The summed E-state index contributed by atoms with van der Waals surface area (Å²) in [5.41, 5.74) is 2.56. The van der Waals surface area contributed by atoms with E-state index in [1.165, 1.54) is 18.3 Å². The van der Waals surface area contributed by atoms with Gasteiger partial charge in [-0.3, -0.25) is 15.5 Å². The van der Waals surface area contributed by atoms with Gasteiger partial charge < -0.3 is 0 Å². The lowest BCUT2D eigenvalue weighted by atomic mass is 10.4. The van der Waals surface area contributed by atoms with E-state index in [0.717, 1.165) is 0 Å². The molecule has 0 atom stereocenters. The number of anilines is 1. The Kier molecular flexibility index (Phi) is 2.91. The topological polar surface area (TPSA) is 80.4 Å². The summed E-state index contributed by atoms with van der Waals surface area (Å²) in [5.74, 6) is 0.476. The summed E-state index contributed by atoms with van der Waals surface area (Å²) in [6.07, 6.45) is 2.73. The van der Waals surface area contributed by atoms with Gasteiger partial charge in [-0.2, -0.15) is 5.10 Å². The van der Waals surface area contributed by atoms with Gasteiger partial charge in [0.15, 0.2) is 0 Å². The van der Waals surface area contributed by atoms with Gasteiger partial charge >= 0.3 is 0 Å². The first kappa shape index (κ1) is 9.11. The molecule has 0 amide bonds. The Bertz CT molecular complexity index is 320. The van der Waals surface area contributed by atoms with E-state index >= 15 is 0 Å². The second kappa shape index (κ2) is 4.15. The minimum absolute atomic E-state index is 0.0361. The van der Waals surface area contributed by atoms with Crippen LogP contribution in [0.3, 0.4) is 0 Å². The zero-order valence-electron chi connectivity index (χ0n) is 6.97. The lowest BCUT2D eigenvalue weighted by Gasteiger charge is -1.96. The molecule has 0 unspecified atom stereocenters. The summed E-state index contributed by atoms with van der Waals surface area (Å²) in [4.78, 5) is 13.5.